The van der Waals surface area contributed by atoms with Crippen molar-refractivity contribution in [2.75, 3.05) is 5.32 Å². The number of anilines is 1. The molecule has 0 saturated heterocycles. The summed E-state index contributed by atoms with van der Waals surface area (Å²) < 4.78 is 6.98. The van der Waals surface area contributed by atoms with Gasteiger partial charge in [-0.15, -0.1) is 0 Å². The molecule has 1 saturated carbocycles. The third kappa shape index (κ3) is 2.03. The van der Waals surface area contributed by atoms with Gasteiger partial charge in [-0.1, -0.05) is 12.8 Å². The van der Waals surface area contributed by atoms with E-state index in [2.05, 4.69) is 10.4 Å². The third-order valence-electron chi connectivity index (χ3n) is 3.33. The Kier molecular flexibility index (Phi) is 2.88. The van der Waals surface area contributed by atoms with Crippen molar-refractivity contribution in [2.24, 2.45) is 0 Å². The van der Waals surface area contributed by atoms with Crippen LogP contribution in [0.3, 0.4) is 0 Å². The van der Waals surface area contributed by atoms with Gasteiger partial charge in [-0.3, -0.25) is 4.79 Å². The van der Waals surface area contributed by atoms with Crippen LogP contribution in [0.1, 0.15) is 42.3 Å². The van der Waals surface area contributed by atoms with E-state index in [-0.39, 0.29) is 5.91 Å². The molecule has 0 unspecified atom stereocenters. The summed E-state index contributed by atoms with van der Waals surface area (Å²) in [6.45, 7) is 0. The van der Waals surface area contributed by atoms with Crippen molar-refractivity contribution in [3.8, 4) is 0 Å². The Balaban J connectivity index is 1.77. The summed E-state index contributed by atoms with van der Waals surface area (Å²) in [6.07, 6.45) is 7.93. The molecule has 2 aromatic rings. The number of aromatic nitrogens is 2. The zero-order valence-electron chi connectivity index (χ0n) is 10.0. The van der Waals surface area contributed by atoms with Crippen molar-refractivity contribution in [3.05, 3.63) is 36.4 Å². The Hall–Kier alpha value is -2.04. The van der Waals surface area contributed by atoms with Crippen molar-refractivity contribution in [1.82, 2.24) is 9.78 Å². The summed E-state index contributed by atoms with van der Waals surface area (Å²) in [5.74, 6) is 0.817. The number of nitrogens with one attached hydrogen (secondary N) is 1. The monoisotopic (exact) mass is 245 g/mol. The zero-order valence-corrected chi connectivity index (χ0v) is 10.0. The highest BCUT2D eigenvalue weighted by atomic mass is 16.3. The minimum Gasteiger partial charge on any atom is -0.459 e. The molecule has 5 heteroatoms. The first kappa shape index (κ1) is 11.1. The molecular weight excluding hydrogens is 230 g/mol. The highest BCUT2D eigenvalue weighted by Gasteiger charge is 2.21. The van der Waals surface area contributed by atoms with E-state index in [1.807, 2.05) is 10.7 Å². The fraction of sp³-hybridized carbons (Fsp3) is 0.385. The maximum Gasteiger partial charge on any atom is 0.292 e. The first-order valence-corrected chi connectivity index (χ1v) is 6.23. The average molecular weight is 245 g/mol. The van der Waals surface area contributed by atoms with Crippen LogP contribution in [-0.4, -0.2) is 15.7 Å². The van der Waals surface area contributed by atoms with E-state index in [0.717, 1.165) is 18.7 Å². The molecule has 0 radical (unpaired) electrons. The highest BCUT2D eigenvalue weighted by molar-refractivity contribution is 6.01. The summed E-state index contributed by atoms with van der Waals surface area (Å²) in [5, 5.41) is 7.14. The van der Waals surface area contributed by atoms with Crippen molar-refractivity contribution in [2.45, 2.75) is 31.7 Å². The second kappa shape index (κ2) is 4.68. The number of furan rings is 1. The topological polar surface area (TPSA) is 60.1 Å². The molecule has 1 aliphatic rings. The van der Waals surface area contributed by atoms with Gasteiger partial charge in [0.15, 0.2) is 5.76 Å². The van der Waals surface area contributed by atoms with Crippen molar-refractivity contribution >= 4 is 11.7 Å². The van der Waals surface area contributed by atoms with E-state index in [0.29, 0.717) is 11.8 Å². The van der Waals surface area contributed by atoms with E-state index >= 15 is 0 Å². The molecule has 0 spiro atoms. The molecule has 1 amide bonds. The zero-order chi connectivity index (χ0) is 12.4. The number of nitrogens with zero attached hydrogens (tertiary/aromatic N) is 2. The minimum atomic E-state index is -0.236. The third-order valence-corrected chi connectivity index (χ3v) is 3.33. The Morgan fingerprint density at radius 3 is 2.94 bits per heavy atom. The van der Waals surface area contributed by atoms with Gasteiger partial charge in [-0.25, -0.2) is 4.68 Å². The maximum absolute atomic E-state index is 11.9. The van der Waals surface area contributed by atoms with E-state index in [4.69, 9.17) is 4.42 Å². The molecule has 0 bridgehead atoms. The lowest BCUT2D eigenvalue weighted by Gasteiger charge is -2.14. The molecule has 2 heterocycles. The lowest BCUT2D eigenvalue weighted by molar-refractivity contribution is 0.0995. The van der Waals surface area contributed by atoms with Crippen LogP contribution in [0.5, 0.6) is 0 Å². The Morgan fingerprint density at radius 2 is 2.22 bits per heavy atom. The fourth-order valence-electron chi connectivity index (χ4n) is 2.44. The van der Waals surface area contributed by atoms with Crippen LogP contribution in [0.25, 0.3) is 0 Å². The summed E-state index contributed by atoms with van der Waals surface area (Å²) in [6, 6.07) is 5.57. The average Bonchev–Trinajstić information content (AvgIpc) is 3.11. The second-order valence-corrected chi connectivity index (χ2v) is 4.53. The number of hydrogen-bond donors (Lipinski definition) is 1. The van der Waals surface area contributed by atoms with Crippen LogP contribution in [0.2, 0.25) is 0 Å². The largest absolute Gasteiger partial charge is 0.459 e. The fourth-order valence-corrected chi connectivity index (χ4v) is 2.44. The van der Waals surface area contributed by atoms with Crippen LogP contribution in [0.4, 0.5) is 5.82 Å². The van der Waals surface area contributed by atoms with Crippen LogP contribution < -0.4 is 5.32 Å². The Labute approximate surface area is 105 Å². The van der Waals surface area contributed by atoms with Gasteiger partial charge in [0.25, 0.3) is 5.91 Å². The maximum atomic E-state index is 11.9. The predicted molar refractivity (Wildman–Crippen MR) is 66.4 cm³/mol. The summed E-state index contributed by atoms with van der Waals surface area (Å²) in [4.78, 5) is 11.9. The number of rotatable bonds is 3. The van der Waals surface area contributed by atoms with Gasteiger partial charge in [-0.05, 0) is 25.0 Å². The van der Waals surface area contributed by atoms with Crippen molar-refractivity contribution in [1.29, 1.82) is 0 Å². The van der Waals surface area contributed by atoms with Gasteiger partial charge in [0, 0.05) is 6.07 Å². The molecule has 1 aliphatic carbocycles. The first-order chi connectivity index (χ1) is 8.84. The van der Waals surface area contributed by atoms with Gasteiger partial charge >= 0.3 is 0 Å². The molecule has 18 heavy (non-hydrogen) atoms. The molecular formula is C13H15N3O2. The minimum absolute atomic E-state index is 0.236. The lowest BCUT2D eigenvalue weighted by atomic mass is 10.2. The van der Waals surface area contributed by atoms with E-state index in [1.54, 1.807) is 18.3 Å². The first-order valence-electron chi connectivity index (χ1n) is 6.23. The van der Waals surface area contributed by atoms with Gasteiger partial charge < -0.3 is 9.73 Å². The SMILES string of the molecule is O=C(Nc1ccnn1C1CCCC1)c1ccco1. The van der Waals surface area contributed by atoms with Crippen LogP contribution in [0, 0.1) is 0 Å². The molecule has 3 rings (SSSR count). The summed E-state index contributed by atoms with van der Waals surface area (Å²) in [7, 11) is 0. The van der Waals surface area contributed by atoms with Gasteiger partial charge in [0.05, 0.1) is 18.5 Å². The van der Waals surface area contributed by atoms with Crippen molar-refractivity contribution in [3.63, 3.8) is 0 Å². The summed E-state index contributed by atoms with van der Waals surface area (Å²) >= 11 is 0. The molecule has 1 fully saturated rings. The highest BCUT2D eigenvalue weighted by Crippen LogP contribution is 2.31. The molecule has 0 atom stereocenters. The predicted octanol–water partition coefficient (Wildman–Crippen LogP) is 2.84. The quantitative estimate of drug-likeness (QED) is 0.904. The van der Waals surface area contributed by atoms with E-state index < -0.39 is 0 Å². The van der Waals surface area contributed by atoms with Gasteiger partial charge in [0.1, 0.15) is 5.82 Å². The Bertz CT molecular complexity index is 524. The number of carbonyl (C=O) groups excluding carboxylic acids is 1. The van der Waals surface area contributed by atoms with Crippen molar-refractivity contribution < 1.29 is 9.21 Å². The normalized spacial score (nSPS) is 16.0. The molecule has 1 N–H and O–H groups in total. The molecule has 0 aromatic carbocycles. The lowest BCUT2D eigenvalue weighted by Crippen LogP contribution is -2.17. The smallest absolute Gasteiger partial charge is 0.292 e. The molecule has 94 valence electrons. The van der Waals surface area contributed by atoms with Crippen LogP contribution in [0.15, 0.2) is 35.1 Å². The van der Waals surface area contributed by atoms with E-state index in [1.165, 1.54) is 19.1 Å². The standard InChI is InChI=1S/C13H15N3O2/c17-13(11-6-3-9-18-11)15-12-7-8-14-16(12)10-4-1-2-5-10/h3,6-10H,1-2,4-5H2,(H,15,17). The van der Waals surface area contributed by atoms with Crippen LogP contribution in [-0.2, 0) is 0 Å². The van der Waals surface area contributed by atoms with Gasteiger partial charge in [0.2, 0.25) is 0 Å². The van der Waals surface area contributed by atoms with Gasteiger partial charge in [-0.2, -0.15) is 5.10 Å². The number of hydrogen-bond acceptors (Lipinski definition) is 3. The molecule has 2 aromatic heterocycles. The molecule has 0 aliphatic heterocycles. The van der Waals surface area contributed by atoms with E-state index in [9.17, 15) is 4.79 Å². The second-order valence-electron chi connectivity index (χ2n) is 4.53. The Morgan fingerprint density at radius 1 is 1.39 bits per heavy atom. The van der Waals surface area contributed by atoms with Crippen LogP contribution >= 0.6 is 0 Å². The number of carbonyl (C=O) groups is 1. The molecule has 5 nitrogen and oxygen atoms in total. The summed E-state index contributed by atoms with van der Waals surface area (Å²) in [5.41, 5.74) is 0. The number of amides is 1.